The highest BCUT2D eigenvalue weighted by atomic mass is 79.9. The molecule has 2 heterocycles. The number of aryl methyl sites for hydroxylation is 1. The van der Waals surface area contributed by atoms with E-state index in [1.54, 1.807) is 0 Å². The number of fused-ring (bicyclic) bond motifs is 1. The van der Waals surface area contributed by atoms with E-state index in [2.05, 4.69) is 38.1 Å². The van der Waals surface area contributed by atoms with Gasteiger partial charge in [0.25, 0.3) is 0 Å². The summed E-state index contributed by atoms with van der Waals surface area (Å²) in [6, 6.07) is 2.60. The van der Waals surface area contributed by atoms with Crippen molar-refractivity contribution in [1.29, 1.82) is 0 Å². The summed E-state index contributed by atoms with van der Waals surface area (Å²) in [6.45, 7) is 3.54. The molecule has 0 atom stereocenters. The topological polar surface area (TPSA) is 37.8 Å². The highest BCUT2D eigenvalue weighted by Gasteiger charge is 2.21. The second-order valence-corrected chi connectivity index (χ2v) is 5.79. The zero-order valence-electron chi connectivity index (χ0n) is 11.5. The van der Waals surface area contributed by atoms with Gasteiger partial charge in [-0.3, -0.25) is 0 Å². The van der Waals surface area contributed by atoms with Gasteiger partial charge >= 0.3 is 0 Å². The summed E-state index contributed by atoms with van der Waals surface area (Å²) in [6.07, 6.45) is 1.82. The highest BCUT2D eigenvalue weighted by Crippen LogP contribution is 2.31. The van der Waals surface area contributed by atoms with Crippen molar-refractivity contribution in [2.75, 3.05) is 0 Å². The first-order valence-electron chi connectivity index (χ1n) is 6.85. The second-order valence-electron chi connectivity index (χ2n) is 5.00. The average Bonchev–Trinajstić information content (AvgIpc) is 2.94. The molecule has 0 fully saturated rings. The normalized spacial score (nSPS) is 13.5. The molecule has 110 valence electrons. The van der Waals surface area contributed by atoms with Gasteiger partial charge in [0, 0.05) is 29.9 Å². The van der Waals surface area contributed by atoms with Gasteiger partial charge < -0.3 is 5.32 Å². The van der Waals surface area contributed by atoms with Crippen LogP contribution in [0.5, 0.6) is 0 Å². The molecule has 21 heavy (non-hydrogen) atoms. The minimum absolute atomic E-state index is 0.0656. The summed E-state index contributed by atoms with van der Waals surface area (Å²) in [7, 11) is 0. The fourth-order valence-corrected chi connectivity index (χ4v) is 3.00. The van der Waals surface area contributed by atoms with Crippen LogP contribution in [0.3, 0.4) is 0 Å². The molecule has 0 radical (unpaired) electrons. The van der Waals surface area contributed by atoms with Crippen molar-refractivity contribution in [2.24, 2.45) is 0 Å². The van der Waals surface area contributed by atoms with Gasteiger partial charge in [0.1, 0.15) is 0 Å². The first-order chi connectivity index (χ1) is 10.1. The molecule has 0 aliphatic carbocycles. The lowest BCUT2D eigenvalue weighted by Crippen LogP contribution is -2.04. The van der Waals surface area contributed by atoms with Gasteiger partial charge in [-0.05, 0) is 34.5 Å². The molecule has 0 saturated heterocycles. The van der Waals surface area contributed by atoms with Gasteiger partial charge in [0.15, 0.2) is 17.5 Å². The van der Waals surface area contributed by atoms with E-state index in [-0.39, 0.29) is 4.47 Å². The summed E-state index contributed by atoms with van der Waals surface area (Å²) in [5.74, 6) is -1.36. The molecule has 0 spiro atoms. The fourth-order valence-electron chi connectivity index (χ4n) is 2.50. The maximum Gasteiger partial charge on any atom is 0.173 e. The Morgan fingerprint density at radius 3 is 2.81 bits per heavy atom. The molecule has 3 nitrogen and oxygen atoms in total. The molecule has 2 aromatic rings. The summed E-state index contributed by atoms with van der Waals surface area (Å²) >= 11 is 3.10. The van der Waals surface area contributed by atoms with Crippen LogP contribution in [0.2, 0.25) is 0 Å². The zero-order chi connectivity index (χ0) is 15.0. The smallest absolute Gasteiger partial charge is 0.173 e. The van der Waals surface area contributed by atoms with Crippen LogP contribution in [-0.4, -0.2) is 9.97 Å². The van der Waals surface area contributed by atoms with E-state index in [0.717, 1.165) is 42.4 Å². The van der Waals surface area contributed by atoms with Crippen LogP contribution in [-0.2, 0) is 19.5 Å². The number of rotatable bonds is 3. The van der Waals surface area contributed by atoms with Crippen molar-refractivity contribution >= 4 is 15.9 Å². The van der Waals surface area contributed by atoms with Crippen LogP contribution in [0.1, 0.15) is 30.3 Å². The van der Waals surface area contributed by atoms with E-state index in [0.29, 0.717) is 17.9 Å². The molecule has 1 aliphatic rings. The monoisotopic (exact) mass is 353 g/mol. The number of hydrogen-bond donors (Lipinski definition) is 1. The van der Waals surface area contributed by atoms with Crippen LogP contribution in [0, 0.1) is 11.6 Å². The average molecular weight is 354 g/mol. The van der Waals surface area contributed by atoms with Crippen molar-refractivity contribution in [2.45, 2.75) is 32.9 Å². The Kier molecular flexibility index (Phi) is 3.99. The van der Waals surface area contributed by atoms with E-state index in [4.69, 9.17) is 0 Å². The van der Waals surface area contributed by atoms with E-state index in [9.17, 15) is 8.78 Å². The van der Waals surface area contributed by atoms with Gasteiger partial charge in [-0.1, -0.05) is 13.3 Å². The Labute approximate surface area is 129 Å². The lowest BCUT2D eigenvalue weighted by molar-refractivity contribution is 0.504. The molecule has 0 saturated carbocycles. The lowest BCUT2D eigenvalue weighted by Gasteiger charge is -2.10. The Morgan fingerprint density at radius 2 is 2.05 bits per heavy atom. The quantitative estimate of drug-likeness (QED) is 0.854. The van der Waals surface area contributed by atoms with Crippen LogP contribution >= 0.6 is 15.9 Å². The Morgan fingerprint density at radius 1 is 1.24 bits per heavy atom. The molecule has 0 unspecified atom stereocenters. The van der Waals surface area contributed by atoms with Gasteiger partial charge in [-0.15, -0.1) is 0 Å². The van der Waals surface area contributed by atoms with E-state index in [1.165, 1.54) is 6.07 Å². The largest absolute Gasteiger partial charge is 0.307 e. The van der Waals surface area contributed by atoms with Gasteiger partial charge in [-0.2, -0.15) is 0 Å². The number of halogens is 3. The molecule has 6 heteroatoms. The summed E-state index contributed by atoms with van der Waals surface area (Å²) in [5.41, 5.74) is 3.54. The molecular formula is C15H14BrF2N3. The number of benzene rings is 1. The van der Waals surface area contributed by atoms with E-state index in [1.807, 2.05) is 0 Å². The van der Waals surface area contributed by atoms with Gasteiger partial charge in [-0.25, -0.2) is 18.7 Å². The first-order valence-corrected chi connectivity index (χ1v) is 7.64. The van der Waals surface area contributed by atoms with Crippen LogP contribution < -0.4 is 5.32 Å². The lowest BCUT2D eigenvalue weighted by atomic mass is 10.1. The summed E-state index contributed by atoms with van der Waals surface area (Å²) in [5, 5.41) is 3.25. The minimum atomic E-state index is -0.910. The molecule has 1 aliphatic heterocycles. The molecular weight excluding hydrogens is 340 g/mol. The molecule has 1 aromatic carbocycles. The summed E-state index contributed by atoms with van der Waals surface area (Å²) in [4.78, 5) is 9.07. The first kappa shape index (κ1) is 14.5. The van der Waals surface area contributed by atoms with Crippen molar-refractivity contribution in [3.05, 3.63) is 45.2 Å². The maximum absolute atomic E-state index is 13.7. The zero-order valence-corrected chi connectivity index (χ0v) is 13.1. The van der Waals surface area contributed by atoms with Crippen LogP contribution in [0.4, 0.5) is 8.78 Å². The maximum atomic E-state index is 13.7. The summed E-state index contributed by atoms with van der Waals surface area (Å²) < 4.78 is 27.0. The van der Waals surface area contributed by atoms with Crippen molar-refractivity contribution in [1.82, 2.24) is 15.3 Å². The fraction of sp³-hybridized carbons (Fsp3) is 0.333. The van der Waals surface area contributed by atoms with E-state index < -0.39 is 11.6 Å². The van der Waals surface area contributed by atoms with Crippen molar-refractivity contribution < 1.29 is 8.78 Å². The molecule has 1 aromatic heterocycles. The predicted molar refractivity (Wildman–Crippen MR) is 79.6 cm³/mol. The van der Waals surface area contributed by atoms with Crippen LogP contribution in [0.15, 0.2) is 16.6 Å². The SMILES string of the molecule is CCCc1nc(-c2ccc(F)c(F)c2Br)nc2c1CNC2. The second kappa shape index (κ2) is 5.77. The number of nitrogens with one attached hydrogen (secondary N) is 1. The predicted octanol–water partition coefficient (Wildman–Crippen LogP) is 3.74. The van der Waals surface area contributed by atoms with Gasteiger partial charge in [0.05, 0.1) is 10.2 Å². The Hall–Kier alpha value is -1.40. The molecule has 0 bridgehead atoms. The third-order valence-corrected chi connectivity index (χ3v) is 4.31. The molecule has 1 N–H and O–H groups in total. The molecule has 0 amide bonds. The van der Waals surface area contributed by atoms with Crippen molar-refractivity contribution in [3.63, 3.8) is 0 Å². The number of hydrogen-bond acceptors (Lipinski definition) is 3. The molecule has 3 rings (SSSR count). The number of aromatic nitrogens is 2. The Balaban J connectivity index is 2.15. The van der Waals surface area contributed by atoms with Crippen LogP contribution in [0.25, 0.3) is 11.4 Å². The van der Waals surface area contributed by atoms with Crippen molar-refractivity contribution in [3.8, 4) is 11.4 Å². The number of nitrogens with zero attached hydrogens (tertiary/aromatic N) is 2. The standard InChI is InChI=1S/C15H14BrF2N3/c1-2-3-11-9-6-19-7-12(9)21-15(20-11)8-4-5-10(17)14(18)13(8)16/h4-5,19H,2-3,6-7H2,1H3. The Bertz CT molecular complexity index is 704. The third kappa shape index (κ3) is 2.58. The van der Waals surface area contributed by atoms with E-state index >= 15 is 0 Å². The third-order valence-electron chi connectivity index (χ3n) is 3.54. The van der Waals surface area contributed by atoms with Gasteiger partial charge in [0.2, 0.25) is 0 Å². The minimum Gasteiger partial charge on any atom is -0.307 e. The highest BCUT2D eigenvalue weighted by molar-refractivity contribution is 9.10.